The van der Waals surface area contributed by atoms with Crippen molar-refractivity contribution in [3.8, 4) is 0 Å². The van der Waals surface area contributed by atoms with Crippen LogP contribution in [0.2, 0.25) is 0 Å². The van der Waals surface area contributed by atoms with Crippen molar-refractivity contribution in [2.45, 2.75) is 25.4 Å². The summed E-state index contributed by atoms with van der Waals surface area (Å²) in [4.78, 5) is 10.7. The Hall–Kier alpha value is -2.28. The Labute approximate surface area is 140 Å². The van der Waals surface area contributed by atoms with E-state index in [1.165, 1.54) is 18.2 Å². The SMILES string of the molecule is CNc1cc(N2CCCC2CNCc2c(F)cccc2F)ncn1. The fraction of sp³-hybridized carbons (Fsp3) is 0.412. The van der Waals surface area contributed by atoms with Crippen LogP contribution in [0.15, 0.2) is 30.6 Å². The predicted octanol–water partition coefficient (Wildman–Crippen LogP) is 2.56. The molecular formula is C17H21F2N5. The molecule has 7 heteroatoms. The van der Waals surface area contributed by atoms with Crippen molar-refractivity contribution < 1.29 is 8.78 Å². The van der Waals surface area contributed by atoms with Crippen LogP contribution in [0.1, 0.15) is 18.4 Å². The van der Waals surface area contributed by atoms with Crippen molar-refractivity contribution in [2.24, 2.45) is 0 Å². The van der Waals surface area contributed by atoms with Gasteiger partial charge in [0, 0.05) is 44.4 Å². The molecule has 24 heavy (non-hydrogen) atoms. The number of rotatable bonds is 6. The molecule has 1 aromatic carbocycles. The first kappa shape index (κ1) is 16.6. The molecule has 1 unspecified atom stereocenters. The molecule has 1 saturated heterocycles. The normalized spacial score (nSPS) is 17.3. The standard InChI is InChI=1S/C17H21F2N5/c1-20-16-8-17(23-11-22-16)24-7-3-4-12(24)9-21-10-13-14(18)5-2-6-15(13)19/h2,5-6,8,11-12,21H,3-4,7,9-10H2,1H3,(H,20,22,23). The van der Waals surface area contributed by atoms with Gasteiger partial charge < -0.3 is 15.5 Å². The van der Waals surface area contributed by atoms with Gasteiger partial charge in [-0.2, -0.15) is 0 Å². The minimum absolute atomic E-state index is 0.0848. The van der Waals surface area contributed by atoms with Crippen molar-refractivity contribution >= 4 is 11.6 Å². The van der Waals surface area contributed by atoms with E-state index in [1.807, 2.05) is 13.1 Å². The first-order chi connectivity index (χ1) is 11.7. The zero-order chi connectivity index (χ0) is 16.9. The fourth-order valence-corrected chi connectivity index (χ4v) is 3.06. The molecule has 0 bridgehead atoms. The molecule has 1 atom stereocenters. The van der Waals surface area contributed by atoms with Crippen LogP contribution in [0.5, 0.6) is 0 Å². The van der Waals surface area contributed by atoms with Crippen LogP contribution < -0.4 is 15.5 Å². The van der Waals surface area contributed by atoms with Gasteiger partial charge in [-0.3, -0.25) is 0 Å². The zero-order valence-electron chi connectivity index (χ0n) is 13.6. The third-order valence-corrected chi connectivity index (χ3v) is 4.32. The van der Waals surface area contributed by atoms with Gasteiger partial charge in [-0.05, 0) is 25.0 Å². The highest BCUT2D eigenvalue weighted by atomic mass is 19.1. The molecule has 2 N–H and O–H groups in total. The van der Waals surface area contributed by atoms with Crippen LogP contribution in [0, 0.1) is 11.6 Å². The van der Waals surface area contributed by atoms with Crippen LogP contribution >= 0.6 is 0 Å². The van der Waals surface area contributed by atoms with Gasteiger partial charge in [0.2, 0.25) is 0 Å². The van der Waals surface area contributed by atoms with E-state index in [4.69, 9.17) is 0 Å². The lowest BCUT2D eigenvalue weighted by atomic mass is 10.1. The maximum atomic E-state index is 13.7. The second-order valence-corrected chi connectivity index (χ2v) is 5.83. The number of benzene rings is 1. The topological polar surface area (TPSA) is 53.1 Å². The third-order valence-electron chi connectivity index (χ3n) is 4.32. The average Bonchev–Trinajstić information content (AvgIpc) is 3.06. The average molecular weight is 333 g/mol. The Morgan fingerprint density at radius 3 is 2.79 bits per heavy atom. The van der Waals surface area contributed by atoms with Crippen LogP contribution in [-0.4, -0.2) is 36.1 Å². The van der Waals surface area contributed by atoms with Crippen molar-refractivity contribution in [3.63, 3.8) is 0 Å². The molecule has 1 aliphatic heterocycles. The molecule has 3 rings (SSSR count). The zero-order valence-corrected chi connectivity index (χ0v) is 13.6. The van der Waals surface area contributed by atoms with Crippen LogP contribution in [0.3, 0.4) is 0 Å². The van der Waals surface area contributed by atoms with Crippen LogP contribution in [-0.2, 0) is 6.54 Å². The van der Waals surface area contributed by atoms with Crippen molar-refractivity contribution in [2.75, 3.05) is 30.4 Å². The van der Waals surface area contributed by atoms with E-state index < -0.39 is 11.6 Å². The van der Waals surface area contributed by atoms with Gasteiger partial charge in [0.15, 0.2) is 0 Å². The van der Waals surface area contributed by atoms with E-state index >= 15 is 0 Å². The number of aromatic nitrogens is 2. The fourth-order valence-electron chi connectivity index (χ4n) is 3.06. The molecule has 2 aromatic rings. The second-order valence-electron chi connectivity index (χ2n) is 5.83. The molecule has 5 nitrogen and oxygen atoms in total. The van der Waals surface area contributed by atoms with E-state index in [0.29, 0.717) is 6.54 Å². The summed E-state index contributed by atoms with van der Waals surface area (Å²) in [6, 6.07) is 6.10. The summed E-state index contributed by atoms with van der Waals surface area (Å²) in [5.41, 5.74) is 0.0848. The lowest BCUT2D eigenvalue weighted by Gasteiger charge is -2.26. The summed E-state index contributed by atoms with van der Waals surface area (Å²) in [6.45, 7) is 1.74. The Balaban J connectivity index is 1.62. The van der Waals surface area contributed by atoms with Gasteiger partial charge in [-0.1, -0.05) is 6.07 Å². The first-order valence-corrected chi connectivity index (χ1v) is 8.09. The summed E-state index contributed by atoms with van der Waals surface area (Å²) in [5, 5.41) is 6.18. The van der Waals surface area contributed by atoms with Gasteiger partial charge in [0.05, 0.1) is 0 Å². The van der Waals surface area contributed by atoms with Gasteiger partial charge in [0.25, 0.3) is 0 Å². The summed E-state index contributed by atoms with van der Waals surface area (Å²) in [6.07, 6.45) is 3.63. The minimum Gasteiger partial charge on any atom is -0.373 e. The Kier molecular flexibility index (Phi) is 5.20. The maximum Gasteiger partial charge on any atom is 0.134 e. The summed E-state index contributed by atoms with van der Waals surface area (Å²) in [7, 11) is 1.82. The first-order valence-electron chi connectivity index (χ1n) is 8.09. The largest absolute Gasteiger partial charge is 0.373 e. The van der Waals surface area contributed by atoms with E-state index in [0.717, 1.165) is 31.0 Å². The molecule has 2 heterocycles. The summed E-state index contributed by atoms with van der Waals surface area (Å²) >= 11 is 0. The number of halogens is 2. The predicted molar refractivity (Wildman–Crippen MR) is 90.0 cm³/mol. The smallest absolute Gasteiger partial charge is 0.134 e. The third kappa shape index (κ3) is 3.62. The van der Waals surface area contributed by atoms with Gasteiger partial charge >= 0.3 is 0 Å². The Morgan fingerprint density at radius 2 is 2.04 bits per heavy atom. The molecule has 0 saturated carbocycles. The highest BCUT2D eigenvalue weighted by Gasteiger charge is 2.25. The van der Waals surface area contributed by atoms with Gasteiger partial charge in [-0.15, -0.1) is 0 Å². The molecule has 0 aliphatic carbocycles. The van der Waals surface area contributed by atoms with Crippen molar-refractivity contribution in [1.29, 1.82) is 0 Å². The molecule has 1 fully saturated rings. The number of nitrogens with one attached hydrogen (secondary N) is 2. The Bertz CT molecular complexity index is 674. The summed E-state index contributed by atoms with van der Waals surface area (Å²) in [5.74, 6) is 0.614. The van der Waals surface area contributed by atoms with Gasteiger partial charge in [-0.25, -0.2) is 18.7 Å². The molecule has 0 radical (unpaired) electrons. The van der Waals surface area contributed by atoms with E-state index in [2.05, 4.69) is 25.5 Å². The molecule has 0 spiro atoms. The number of hydrogen-bond acceptors (Lipinski definition) is 5. The number of nitrogens with zero attached hydrogens (tertiary/aromatic N) is 3. The molecule has 1 aliphatic rings. The Morgan fingerprint density at radius 1 is 1.25 bits per heavy atom. The van der Waals surface area contributed by atoms with Crippen LogP contribution in [0.25, 0.3) is 0 Å². The monoisotopic (exact) mass is 333 g/mol. The molecular weight excluding hydrogens is 312 g/mol. The highest BCUT2D eigenvalue weighted by Crippen LogP contribution is 2.24. The van der Waals surface area contributed by atoms with Gasteiger partial charge in [0.1, 0.15) is 29.6 Å². The van der Waals surface area contributed by atoms with Crippen molar-refractivity contribution in [1.82, 2.24) is 15.3 Å². The number of hydrogen-bond donors (Lipinski definition) is 2. The highest BCUT2D eigenvalue weighted by molar-refractivity contribution is 5.49. The number of anilines is 2. The molecule has 0 amide bonds. The molecule has 128 valence electrons. The minimum atomic E-state index is -0.514. The van der Waals surface area contributed by atoms with Crippen molar-refractivity contribution in [3.05, 3.63) is 47.8 Å². The van der Waals surface area contributed by atoms with E-state index in [9.17, 15) is 8.78 Å². The van der Waals surface area contributed by atoms with Crippen LogP contribution in [0.4, 0.5) is 20.4 Å². The lowest BCUT2D eigenvalue weighted by molar-refractivity contribution is 0.517. The molecule has 1 aromatic heterocycles. The quantitative estimate of drug-likeness (QED) is 0.851. The van der Waals surface area contributed by atoms with E-state index in [-0.39, 0.29) is 18.2 Å². The maximum absolute atomic E-state index is 13.7. The second kappa shape index (κ2) is 7.53. The van der Waals surface area contributed by atoms with E-state index in [1.54, 1.807) is 6.33 Å². The summed E-state index contributed by atoms with van der Waals surface area (Å²) < 4.78 is 27.3. The lowest BCUT2D eigenvalue weighted by Crippen LogP contribution is -2.38.